The van der Waals surface area contributed by atoms with Crippen LogP contribution in [0.2, 0.25) is 5.15 Å². The number of ether oxygens (including phenoxy) is 1. The van der Waals surface area contributed by atoms with Crippen molar-refractivity contribution in [2.75, 3.05) is 11.6 Å². The van der Waals surface area contributed by atoms with E-state index in [4.69, 9.17) is 16.3 Å². The first-order chi connectivity index (χ1) is 14.9. The number of nitrogens with zero attached hydrogens (tertiary/aromatic N) is 4. The molecule has 2 aromatic heterocycles. The lowest BCUT2D eigenvalue weighted by atomic mass is 9.94. The number of carbonyl (C=O) groups is 1. The molecule has 2 N–H and O–H groups in total. The highest BCUT2D eigenvalue weighted by atomic mass is 35.5. The summed E-state index contributed by atoms with van der Waals surface area (Å²) in [5, 5.41) is 5.63. The average Bonchev–Trinajstić information content (AvgIpc) is 3.29. The van der Waals surface area contributed by atoms with E-state index in [1.807, 2.05) is 6.92 Å². The van der Waals surface area contributed by atoms with Gasteiger partial charge in [-0.2, -0.15) is 23.7 Å². The summed E-state index contributed by atoms with van der Waals surface area (Å²) in [7, 11) is 1.78. The van der Waals surface area contributed by atoms with Crippen LogP contribution in [0.1, 0.15) is 29.9 Å². The number of rotatable bonds is 7. The van der Waals surface area contributed by atoms with Crippen LogP contribution in [0.5, 0.6) is 0 Å². The minimum atomic E-state index is -4.38. The molecule has 0 bridgehead atoms. The van der Waals surface area contributed by atoms with Gasteiger partial charge in [0.25, 0.3) is 5.91 Å². The molecule has 32 heavy (non-hydrogen) atoms. The Labute approximate surface area is 192 Å². The molecule has 1 aliphatic rings. The van der Waals surface area contributed by atoms with Crippen LogP contribution in [0, 0.1) is 12.3 Å². The molecule has 1 unspecified atom stereocenters. The van der Waals surface area contributed by atoms with Crippen LogP contribution < -0.4 is 15.2 Å². The number of alkyl halides is 3. The number of carbonyl (C=O) groups excluding carboxylic acids is 1. The van der Waals surface area contributed by atoms with Crippen molar-refractivity contribution in [3.05, 3.63) is 47.0 Å². The van der Waals surface area contributed by atoms with Crippen molar-refractivity contribution < 1.29 is 22.7 Å². The number of amides is 1. The molecule has 3 rings (SSSR count). The number of anilines is 1. The molecule has 0 radical (unpaired) electrons. The molecule has 1 aliphatic heterocycles. The number of halogens is 4. The van der Waals surface area contributed by atoms with E-state index in [9.17, 15) is 18.0 Å². The second-order valence-corrected chi connectivity index (χ2v) is 8.95. The van der Waals surface area contributed by atoms with Crippen molar-refractivity contribution in [2.45, 2.75) is 38.1 Å². The first kappa shape index (κ1) is 24.4. The Morgan fingerprint density at radius 3 is 2.69 bits per heavy atom. The molecule has 2 aromatic rings. The fraction of sp³-hybridized carbons (Fsp3) is 0.421. The molecule has 1 atom stereocenters. The van der Waals surface area contributed by atoms with Crippen LogP contribution in [-0.2, 0) is 11.8 Å². The van der Waals surface area contributed by atoms with Gasteiger partial charge >= 0.3 is 6.18 Å². The van der Waals surface area contributed by atoms with Crippen LogP contribution >= 0.6 is 23.5 Å². The topological polar surface area (TPSA) is 84.3 Å². The van der Waals surface area contributed by atoms with Gasteiger partial charge in [0, 0.05) is 19.4 Å². The quantitative estimate of drug-likeness (QED) is 0.448. The lowest BCUT2D eigenvalue weighted by Gasteiger charge is -2.29. The minimum absolute atomic E-state index is 0.0266. The Bertz CT molecular complexity index is 1030. The fourth-order valence-electron chi connectivity index (χ4n) is 2.57. The van der Waals surface area contributed by atoms with Crippen molar-refractivity contribution in [3.63, 3.8) is 0 Å². The summed E-state index contributed by atoms with van der Waals surface area (Å²) in [6.07, 6.45) is -0.253. The van der Waals surface area contributed by atoms with Gasteiger partial charge < -0.3 is 4.74 Å². The van der Waals surface area contributed by atoms with Crippen molar-refractivity contribution in [2.24, 2.45) is 12.5 Å². The summed E-state index contributed by atoms with van der Waals surface area (Å²) in [5.74, 6) is -0.0810. The molecule has 0 saturated carbocycles. The summed E-state index contributed by atoms with van der Waals surface area (Å²) < 4.78 is 48.6. The van der Waals surface area contributed by atoms with Gasteiger partial charge in [0.15, 0.2) is 0 Å². The summed E-state index contributed by atoms with van der Waals surface area (Å²) in [5.41, 5.74) is 1.82. The summed E-state index contributed by atoms with van der Waals surface area (Å²) in [6, 6.07) is 3.06. The van der Waals surface area contributed by atoms with E-state index in [1.54, 1.807) is 36.3 Å². The van der Waals surface area contributed by atoms with Crippen molar-refractivity contribution >= 4 is 35.3 Å². The first-order valence-corrected chi connectivity index (χ1v) is 10.6. The fourth-order valence-corrected chi connectivity index (χ4v) is 3.51. The lowest BCUT2D eigenvalue weighted by Crippen LogP contribution is -2.42. The van der Waals surface area contributed by atoms with Crippen LogP contribution in [0.3, 0.4) is 0 Å². The highest BCUT2D eigenvalue weighted by Gasteiger charge is 2.47. The Morgan fingerprint density at radius 2 is 2.09 bits per heavy atom. The third kappa shape index (κ3) is 5.55. The normalized spacial score (nSPS) is 16.6. The predicted octanol–water partition coefficient (Wildman–Crippen LogP) is 3.98. The first-order valence-electron chi connectivity index (χ1n) is 9.43. The standard InChI is InChI=1S/C19H22ClF3N6O2S/c1-11-13(9-28(4)25-11)32-27-17(30)12-5-6-14(24-16(12)20)29-8-7-15(26-29)31-10-18(2,3)19(21,22)23/h5-9,15,26H,10H2,1-4H3,(H,27,30). The van der Waals surface area contributed by atoms with E-state index in [1.165, 1.54) is 11.1 Å². The van der Waals surface area contributed by atoms with Crippen LogP contribution in [0.4, 0.5) is 19.0 Å². The van der Waals surface area contributed by atoms with E-state index in [0.29, 0.717) is 5.82 Å². The molecule has 1 amide bonds. The third-order valence-corrected chi connectivity index (χ3v) is 5.81. The molecular formula is C19H22ClF3N6O2S. The van der Waals surface area contributed by atoms with E-state index in [-0.39, 0.29) is 10.7 Å². The number of aromatic nitrogens is 3. The Balaban J connectivity index is 1.58. The van der Waals surface area contributed by atoms with Gasteiger partial charge in [-0.25, -0.2) is 4.98 Å². The molecule has 3 heterocycles. The monoisotopic (exact) mass is 490 g/mol. The van der Waals surface area contributed by atoms with E-state index < -0.39 is 30.3 Å². The Morgan fingerprint density at radius 1 is 1.38 bits per heavy atom. The van der Waals surface area contributed by atoms with E-state index in [0.717, 1.165) is 36.4 Å². The molecule has 0 saturated heterocycles. The average molecular weight is 491 g/mol. The maximum atomic E-state index is 13.0. The zero-order valence-corrected chi connectivity index (χ0v) is 19.3. The van der Waals surface area contributed by atoms with Gasteiger partial charge in [0.1, 0.15) is 17.2 Å². The van der Waals surface area contributed by atoms with Crippen LogP contribution in [-0.4, -0.2) is 39.7 Å². The van der Waals surface area contributed by atoms with E-state index >= 15 is 0 Å². The molecule has 174 valence electrons. The van der Waals surface area contributed by atoms with Crippen molar-refractivity contribution in [3.8, 4) is 0 Å². The van der Waals surface area contributed by atoms with Gasteiger partial charge in [-0.1, -0.05) is 11.6 Å². The van der Waals surface area contributed by atoms with Gasteiger partial charge in [0.2, 0.25) is 0 Å². The Hall–Kier alpha value is -2.28. The number of hydrogen-bond donors (Lipinski definition) is 2. The maximum Gasteiger partial charge on any atom is 0.396 e. The second-order valence-electron chi connectivity index (χ2n) is 7.75. The van der Waals surface area contributed by atoms with Gasteiger partial charge in [-0.15, -0.1) is 0 Å². The molecule has 0 spiro atoms. The number of hydrazine groups is 1. The number of aryl methyl sites for hydroxylation is 2. The second kappa shape index (κ2) is 9.30. The number of hydrogen-bond acceptors (Lipinski definition) is 7. The van der Waals surface area contributed by atoms with Crippen molar-refractivity contribution in [1.29, 1.82) is 0 Å². The van der Waals surface area contributed by atoms with Gasteiger partial charge in [0.05, 0.1) is 28.2 Å². The SMILES string of the molecule is Cc1nn(C)cc1SNC(=O)c1ccc(N2C=CC(OCC(C)(C)C(F)(F)F)N2)nc1Cl. The summed E-state index contributed by atoms with van der Waals surface area (Å²) in [4.78, 5) is 17.5. The van der Waals surface area contributed by atoms with Crippen molar-refractivity contribution in [1.82, 2.24) is 24.9 Å². The molecule has 0 aromatic carbocycles. The zero-order chi connectivity index (χ0) is 23.7. The largest absolute Gasteiger partial charge is 0.396 e. The predicted molar refractivity (Wildman–Crippen MR) is 115 cm³/mol. The van der Waals surface area contributed by atoms with Crippen LogP contribution in [0.25, 0.3) is 0 Å². The zero-order valence-electron chi connectivity index (χ0n) is 17.7. The molecule has 0 fully saturated rings. The minimum Gasteiger partial charge on any atom is -0.357 e. The lowest BCUT2D eigenvalue weighted by molar-refractivity contribution is -0.230. The summed E-state index contributed by atoms with van der Waals surface area (Å²) in [6.45, 7) is 3.45. The maximum absolute atomic E-state index is 13.0. The molecular weight excluding hydrogens is 469 g/mol. The van der Waals surface area contributed by atoms with Gasteiger partial charge in [-0.05, 0) is 50.9 Å². The molecule has 8 nitrogen and oxygen atoms in total. The third-order valence-electron chi connectivity index (χ3n) is 4.61. The molecule has 0 aliphatic carbocycles. The number of nitrogens with one attached hydrogen (secondary N) is 2. The highest BCUT2D eigenvalue weighted by Crippen LogP contribution is 2.37. The molecule has 13 heteroatoms. The number of pyridine rings is 1. The smallest absolute Gasteiger partial charge is 0.357 e. The summed E-state index contributed by atoms with van der Waals surface area (Å²) >= 11 is 7.31. The van der Waals surface area contributed by atoms with Crippen LogP contribution in [0.15, 0.2) is 35.5 Å². The highest BCUT2D eigenvalue weighted by molar-refractivity contribution is 7.98. The Kier molecular flexibility index (Phi) is 7.08. The van der Waals surface area contributed by atoms with E-state index in [2.05, 4.69) is 20.2 Å². The van der Waals surface area contributed by atoms with Gasteiger partial charge in [-0.3, -0.25) is 19.2 Å².